The first-order valence-corrected chi connectivity index (χ1v) is 8.05. The maximum absolute atomic E-state index is 12.1. The minimum absolute atomic E-state index is 0.197. The SMILES string of the molecule is COc1cc(NC(=O)CNC(=O)C(N)c2ccc(C)cc2)cc(OC)c1. The maximum Gasteiger partial charge on any atom is 0.243 e. The second-order valence-corrected chi connectivity index (χ2v) is 5.76. The summed E-state index contributed by atoms with van der Waals surface area (Å²) in [6.45, 7) is 1.76. The van der Waals surface area contributed by atoms with Crippen molar-refractivity contribution in [2.45, 2.75) is 13.0 Å². The molecule has 0 fully saturated rings. The predicted molar refractivity (Wildman–Crippen MR) is 99.3 cm³/mol. The summed E-state index contributed by atoms with van der Waals surface area (Å²) in [6, 6.07) is 11.5. The molecule has 0 heterocycles. The Labute approximate surface area is 152 Å². The van der Waals surface area contributed by atoms with Gasteiger partial charge in [0.15, 0.2) is 0 Å². The zero-order valence-electron chi connectivity index (χ0n) is 15.0. The molecule has 7 nitrogen and oxygen atoms in total. The first-order chi connectivity index (χ1) is 12.4. The molecule has 0 saturated carbocycles. The molecular formula is C19H23N3O4. The lowest BCUT2D eigenvalue weighted by Gasteiger charge is -2.13. The first kappa shape index (κ1) is 19.3. The molecule has 0 radical (unpaired) electrons. The third-order valence-corrected chi connectivity index (χ3v) is 3.78. The number of anilines is 1. The fraction of sp³-hybridized carbons (Fsp3) is 0.263. The molecule has 0 spiro atoms. The smallest absolute Gasteiger partial charge is 0.243 e. The normalized spacial score (nSPS) is 11.4. The molecule has 26 heavy (non-hydrogen) atoms. The summed E-state index contributed by atoms with van der Waals surface area (Å²) < 4.78 is 10.3. The van der Waals surface area contributed by atoms with E-state index in [2.05, 4.69) is 10.6 Å². The van der Waals surface area contributed by atoms with Crippen LogP contribution in [0.5, 0.6) is 11.5 Å². The number of methoxy groups -OCH3 is 2. The van der Waals surface area contributed by atoms with Crippen LogP contribution in [0.4, 0.5) is 5.69 Å². The Hall–Kier alpha value is -3.06. The summed E-state index contributed by atoms with van der Waals surface area (Å²) in [5.41, 5.74) is 8.19. The molecule has 0 aliphatic carbocycles. The van der Waals surface area contributed by atoms with Crippen LogP contribution in [0.3, 0.4) is 0 Å². The van der Waals surface area contributed by atoms with Gasteiger partial charge in [-0.3, -0.25) is 9.59 Å². The molecule has 2 aromatic carbocycles. The van der Waals surface area contributed by atoms with Crippen LogP contribution >= 0.6 is 0 Å². The highest BCUT2D eigenvalue weighted by Gasteiger charge is 2.16. The van der Waals surface area contributed by atoms with Crippen molar-refractivity contribution < 1.29 is 19.1 Å². The van der Waals surface area contributed by atoms with E-state index in [0.717, 1.165) is 5.56 Å². The van der Waals surface area contributed by atoms with Crippen molar-refractivity contribution >= 4 is 17.5 Å². The van der Waals surface area contributed by atoms with Gasteiger partial charge in [-0.25, -0.2) is 0 Å². The number of ether oxygens (including phenoxy) is 2. The number of nitrogens with two attached hydrogens (primary N) is 1. The van der Waals surface area contributed by atoms with Crippen molar-refractivity contribution in [3.05, 3.63) is 53.6 Å². The largest absolute Gasteiger partial charge is 0.497 e. The fourth-order valence-corrected chi connectivity index (χ4v) is 2.29. The van der Waals surface area contributed by atoms with Gasteiger partial charge in [0.1, 0.15) is 17.5 Å². The summed E-state index contributed by atoms with van der Waals surface area (Å²) in [6.07, 6.45) is 0. The molecular weight excluding hydrogens is 334 g/mol. The monoisotopic (exact) mass is 357 g/mol. The van der Waals surface area contributed by atoms with Crippen molar-refractivity contribution in [2.75, 3.05) is 26.1 Å². The highest BCUT2D eigenvalue weighted by Crippen LogP contribution is 2.25. The Bertz CT molecular complexity index is 753. The van der Waals surface area contributed by atoms with Gasteiger partial charge in [0.25, 0.3) is 0 Å². The van der Waals surface area contributed by atoms with Crippen LogP contribution in [0.2, 0.25) is 0 Å². The van der Waals surface area contributed by atoms with Crippen LogP contribution in [0, 0.1) is 6.92 Å². The van der Waals surface area contributed by atoms with Gasteiger partial charge in [-0.1, -0.05) is 29.8 Å². The minimum Gasteiger partial charge on any atom is -0.497 e. The molecule has 7 heteroatoms. The lowest BCUT2D eigenvalue weighted by molar-refractivity contribution is -0.125. The average molecular weight is 357 g/mol. The summed E-state index contributed by atoms with van der Waals surface area (Å²) in [7, 11) is 3.04. The molecule has 2 amide bonds. The second-order valence-electron chi connectivity index (χ2n) is 5.76. The predicted octanol–water partition coefficient (Wildman–Crippen LogP) is 1.77. The molecule has 0 aliphatic rings. The van der Waals surface area contributed by atoms with Gasteiger partial charge in [-0.15, -0.1) is 0 Å². The molecule has 1 unspecified atom stereocenters. The Morgan fingerprint density at radius 1 is 1.04 bits per heavy atom. The van der Waals surface area contributed by atoms with Crippen molar-refractivity contribution in [1.29, 1.82) is 0 Å². The Balaban J connectivity index is 1.92. The van der Waals surface area contributed by atoms with E-state index in [1.165, 1.54) is 14.2 Å². The number of rotatable bonds is 7. The first-order valence-electron chi connectivity index (χ1n) is 8.05. The van der Waals surface area contributed by atoms with Gasteiger partial charge in [0.2, 0.25) is 11.8 Å². The zero-order chi connectivity index (χ0) is 19.1. The summed E-state index contributed by atoms with van der Waals surface area (Å²) in [4.78, 5) is 24.2. The standard InChI is InChI=1S/C19H23N3O4/c1-12-4-6-13(7-5-12)18(20)19(24)21-11-17(23)22-14-8-15(25-2)10-16(9-14)26-3/h4-10,18H,11,20H2,1-3H3,(H,21,24)(H,22,23). The molecule has 2 rings (SSSR count). The zero-order valence-corrected chi connectivity index (χ0v) is 15.0. The molecule has 138 valence electrons. The Morgan fingerprint density at radius 2 is 1.62 bits per heavy atom. The topological polar surface area (TPSA) is 103 Å². The number of aryl methyl sites for hydroxylation is 1. The van der Waals surface area contributed by atoms with E-state index in [1.807, 2.05) is 19.1 Å². The molecule has 0 aromatic heterocycles. The van der Waals surface area contributed by atoms with E-state index < -0.39 is 11.9 Å². The maximum atomic E-state index is 12.1. The van der Waals surface area contributed by atoms with E-state index in [0.29, 0.717) is 22.7 Å². The number of carbonyl (C=O) groups is 2. The van der Waals surface area contributed by atoms with Crippen LogP contribution in [0.15, 0.2) is 42.5 Å². The van der Waals surface area contributed by atoms with Gasteiger partial charge in [-0.05, 0) is 12.5 Å². The lowest BCUT2D eigenvalue weighted by Crippen LogP contribution is -2.38. The van der Waals surface area contributed by atoms with E-state index in [-0.39, 0.29) is 12.5 Å². The quantitative estimate of drug-likeness (QED) is 0.701. The number of nitrogens with one attached hydrogen (secondary N) is 2. The lowest BCUT2D eigenvalue weighted by atomic mass is 10.1. The summed E-state index contributed by atoms with van der Waals surface area (Å²) in [5, 5.41) is 5.21. The fourth-order valence-electron chi connectivity index (χ4n) is 2.29. The van der Waals surface area contributed by atoms with Crippen LogP contribution in [-0.4, -0.2) is 32.6 Å². The van der Waals surface area contributed by atoms with E-state index in [9.17, 15) is 9.59 Å². The molecule has 0 bridgehead atoms. The van der Waals surface area contributed by atoms with Crippen LogP contribution in [0.1, 0.15) is 17.2 Å². The van der Waals surface area contributed by atoms with Crippen LogP contribution < -0.4 is 25.8 Å². The van der Waals surface area contributed by atoms with Crippen molar-refractivity contribution in [3.8, 4) is 11.5 Å². The highest BCUT2D eigenvalue weighted by molar-refractivity contribution is 5.95. The number of benzene rings is 2. The molecule has 2 aromatic rings. The van der Waals surface area contributed by atoms with Crippen molar-refractivity contribution in [3.63, 3.8) is 0 Å². The minimum atomic E-state index is -0.833. The van der Waals surface area contributed by atoms with E-state index >= 15 is 0 Å². The Kier molecular flexibility index (Phi) is 6.57. The number of hydrogen-bond acceptors (Lipinski definition) is 5. The third kappa shape index (κ3) is 5.22. The molecule has 1 atom stereocenters. The van der Waals surface area contributed by atoms with Gasteiger partial charge < -0.3 is 25.8 Å². The molecule has 0 aliphatic heterocycles. The van der Waals surface area contributed by atoms with Crippen molar-refractivity contribution in [1.82, 2.24) is 5.32 Å². The number of amides is 2. The third-order valence-electron chi connectivity index (χ3n) is 3.78. The molecule has 0 saturated heterocycles. The van der Waals surface area contributed by atoms with Gasteiger partial charge >= 0.3 is 0 Å². The van der Waals surface area contributed by atoms with Crippen molar-refractivity contribution in [2.24, 2.45) is 5.73 Å². The van der Waals surface area contributed by atoms with E-state index in [4.69, 9.17) is 15.2 Å². The van der Waals surface area contributed by atoms with Crippen LogP contribution in [-0.2, 0) is 9.59 Å². The number of hydrogen-bond donors (Lipinski definition) is 3. The summed E-state index contributed by atoms with van der Waals surface area (Å²) in [5.74, 6) is 0.284. The summed E-state index contributed by atoms with van der Waals surface area (Å²) >= 11 is 0. The van der Waals surface area contributed by atoms with Gasteiger partial charge in [0, 0.05) is 23.9 Å². The molecule has 4 N–H and O–H groups in total. The average Bonchev–Trinajstić information content (AvgIpc) is 2.65. The second kappa shape index (κ2) is 8.87. The van der Waals surface area contributed by atoms with Gasteiger partial charge in [-0.2, -0.15) is 0 Å². The highest BCUT2D eigenvalue weighted by atomic mass is 16.5. The Morgan fingerprint density at radius 3 is 2.15 bits per heavy atom. The number of carbonyl (C=O) groups excluding carboxylic acids is 2. The van der Waals surface area contributed by atoms with Crippen LogP contribution in [0.25, 0.3) is 0 Å². The van der Waals surface area contributed by atoms with E-state index in [1.54, 1.807) is 30.3 Å². The van der Waals surface area contributed by atoms with Gasteiger partial charge in [0.05, 0.1) is 20.8 Å².